The maximum Gasteiger partial charge on any atom is 0.251 e. The molecule has 0 radical (unpaired) electrons. The summed E-state index contributed by atoms with van der Waals surface area (Å²) in [6.45, 7) is 2.29. The van der Waals surface area contributed by atoms with Crippen molar-refractivity contribution >= 4 is 11.8 Å². The Morgan fingerprint density at radius 2 is 1.80 bits per heavy atom. The third-order valence-corrected chi connectivity index (χ3v) is 4.83. The van der Waals surface area contributed by atoms with Crippen LogP contribution in [0.5, 0.6) is 0 Å². The van der Waals surface area contributed by atoms with Gasteiger partial charge in [-0.2, -0.15) is 0 Å². The van der Waals surface area contributed by atoms with Crippen molar-refractivity contribution in [2.24, 2.45) is 0 Å². The molecule has 2 N–H and O–H groups in total. The smallest absolute Gasteiger partial charge is 0.251 e. The van der Waals surface area contributed by atoms with Crippen LogP contribution in [0.2, 0.25) is 0 Å². The summed E-state index contributed by atoms with van der Waals surface area (Å²) in [6, 6.07) is 17.6. The van der Waals surface area contributed by atoms with Gasteiger partial charge in [0.05, 0.1) is 5.54 Å². The molecule has 4 heteroatoms. The molecule has 0 saturated heterocycles. The zero-order valence-electron chi connectivity index (χ0n) is 14.5. The first kappa shape index (κ1) is 17.2. The van der Waals surface area contributed by atoms with E-state index in [1.165, 1.54) is 5.56 Å². The van der Waals surface area contributed by atoms with Crippen LogP contribution in [0.1, 0.15) is 47.2 Å². The summed E-state index contributed by atoms with van der Waals surface area (Å²) in [4.78, 5) is 24.4. The summed E-state index contributed by atoms with van der Waals surface area (Å²) >= 11 is 0. The molecule has 130 valence electrons. The second-order valence-corrected chi connectivity index (χ2v) is 6.73. The lowest BCUT2D eigenvalue weighted by atomic mass is 9.71. The largest absolute Gasteiger partial charge is 0.352 e. The van der Waals surface area contributed by atoms with Crippen LogP contribution in [0.15, 0.2) is 54.6 Å². The summed E-state index contributed by atoms with van der Waals surface area (Å²) in [5, 5.41) is 6.00. The molecule has 4 nitrogen and oxygen atoms in total. The Morgan fingerprint density at radius 3 is 2.44 bits per heavy atom. The first-order valence-electron chi connectivity index (χ1n) is 8.80. The van der Waals surface area contributed by atoms with E-state index < -0.39 is 0 Å². The SMILES string of the molecule is Cc1cccc(C(=O)NCCC(=O)NC2(c3ccccc3)CCC2)c1. The van der Waals surface area contributed by atoms with Crippen molar-refractivity contribution in [1.29, 1.82) is 0 Å². The van der Waals surface area contributed by atoms with Gasteiger partial charge in [0.25, 0.3) is 5.91 Å². The molecular formula is C21H24N2O2. The fourth-order valence-electron chi connectivity index (χ4n) is 3.28. The van der Waals surface area contributed by atoms with Crippen molar-refractivity contribution in [3.05, 3.63) is 71.3 Å². The molecule has 3 rings (SSSR count). The van der Waals surface area contributed by atoms with Crippen LogP contribution in [-0.4, -0.2) is 18.4 Å². The van der Waals surface area contributed by atoms with Gasteiger partial charge in [-0.3, -0.25) is 9.59 Å². The van der Waals surface area contributed by atoms with E-state index in [-0.39, 0.29) is 23.8 Å². The van der Waals surface area contributed by atoms with Crippen LogP contribution < -0.4 is 10.6 Å². The maximum absolute atomic E-state index is 12.3. The van der Waals surface area contributed by atoms with E-state index in [4.69, 9.17) is 0 Å². The summed E-state index contributed by atoms with van der Waals surface area (Å²) in [5.74, 6) is -0.161. The third kappa shape index (κ3) is 4.08. The second kappa shape index (κ2) is 7.51. The van der Waals surface area contributed by atoms with Gasteiger partial charge in [-0.15, -0.1) is 0 Å². The molecule has 2 amide bonds. The van der Waals surface area contributed by atoms with E-state index in [1.807, 2.05) is 43.3 Å². The summed E-state index contributed by atoms with van der Waals surface area (Å²) < 4.78 is 0. The van der Waals surface area contributed by atoms with E-state index in [2.05, 4.69) is 22.8 Å². The zero-order valence-corrected chi connectivity index (χ0v) is 14.5. The van der Waals surface area contributed by atoms with E-state index in [0.29, 0.717) is 12.1 Å². The number of benzene rings is 2. The highest BCUT2D eigenvalue weighted by Crippen LogP contribution is 2.41. The number of rotatable bonds is 6. The molecule has 0 atom stereocenters. The topological polar surface area (TPSA) is 58.2 Å². The number of carbonyl (C=O) groups excluding carboxylic acids is 2. The van der Waals surface area contributed by atoms with Gasteiger partial charge in [0.1, 0.15) is 0 Å². The van der Waals surface area contributed by atoms with Crippen molar-refractivity contribution in [2.45, 2.75) is 38.1 Å². The van der Waals surface area contributed by atoms with Gasteiger partial charge in [0.15, 0.2) is 0 Å². The average Bonchev–Trinajstić information content (AvgIpc) is 2.59. The van der Waals surface area contributed by atoms with Crippen molar-refractivity contribution in [2.75, 3.05) is 6.54 Å². The normalized spacial score (nSPS) is 15.1. The lowest BCUT2D eigenvalue weighted by Crippen LogP contribution is -2.51. The molecule has 1 aliphatic carbocycles. The molecule has 0 heterocycles. The monoisotopic (exact) mass is 336 g/mol. The Kier molecular flexibility index (Phi) is 5.17. The van der Waals surface area contributed by atoms with Gasteiger partial charge in [0, 0.05) is 18.5 Å². The number of carbonyl (C=O) groups is 2. The van der Waals surface area contributed by atoms with Gasteiger partial charge >= 0.3 is 0 Å². The fraction of sp³-hybridized carbons (Fsp3) is 0.333. The highest BCUT2D eigenvalue weighted by Gasteiger charge is 2.39. The number of nitrogens with one attached hydrogen (secondary N) is 2. The molecule has 1 aliphatic rings. The Morgan fingerprint density at radius 1 is 1.04 bits per heavy atom. The van der Waals surface area contributed by atoms with Crippen molar-refractivity contribution in [3.63, 3.8) is 0 Å². The molecule has 1 fully saturated rings. The van der Waals surface area contributed by atoms with E-state index in [9.17, 15) is 9.59 Å². The molecule has 0 aromatic heterocycles. The molecule has 2 aromatic carbocycles. The van der Waals surface area contributed by atoms with Crippen LogP contribution in [-0.2, 0) is 10.3 Å². The third-order valence-electron chi connectivity index (χ3n) is 4.83. The van der Waals surface area contributed by atoms with E-state index in [0.717, 1.165) is 24.8 Å². The van der Waals surface area contributed by atoms with Gasteiger partial charge in [-0.1, -0.05) is 48.0 Å². The molecule has 1 saturated carbocycles. The number of hydrogen-bond acceptors (Lipinski definition) is 2. The Balaban J connectivity index is 1.50. The first-order valence-corrected chi connectivity index (χ1v) is 8.80. The number of hydrogen-bond donors (Lipinski definition) is 2. The van der Waals surface area contributed by atoms with E-state index in [1.54, 1.807) is 6.07 Å². The van der Waals surface area contributed by atoms with Crippen LogP contribution in [0.25, 0.3) is 0 Å². The summed E-state index contributed by atoms with van der Waals surface area (Å²) in [6.07, 6.45) is 3.35. The van der Waals surface area contributed by atoms with Gasteiger partial charge < -0.3 is 10.6 Å². The standard InChI is InChI=1S/C21H24N2O2/c1-16-7-5-8-17(15-16)20(25)22-14-11-19(24)23-21(12-6-13-21)18-9-3-2-4-10-18/h2-5,7-10,15H,6,11-14H2,1H3,(H,22,25)(H,23,24). The van der Waals surface area contributed by atoms with Crippen molar-refractivity contribution in [3.8, 4) is 0 Å². The number of aryl methyl sites for hydroxylation is 1. The minimum atomic E-state index is -0.223. The molecule has 0 aliphatic heterocycles. The first-order chi connectivity index (χ1) is 12.1. The maximum atomic E-state index is 12.3. The van der Waals surface area contributed by atoms with Crippen LogP contribution in [0, 0.1) is 6.92 Å². The fourth-order valence-corrected chi connectivity index (χ4v) is 3.28. The van der Waals surface area contributed by atoms with Crippen molar-refractivity contribution < 1.29 is 9.59 Å². The predicted octanol–water partition coefficient (Wildman–Crippen LogP) is 3.31. The Labute approximate surface area is 148 Å². The molecule has 0 unspecified atom stereocenters. The van der Waals surface area contributed by atoms with Crippen LogP contribution in [0.4, 0.5) is 0 Å². The Hall–Kier alpha value is -2.62. The number of amides is 2. The quantitative estimate of drug-likeness (QED) is 0.850. The van der Waals surface area contributed by atoms with Gasteiger partial charge in [-0.25, -0.2) is 0 Å². The summed E-state index contributed by atoms with van der Waals surface area (Å²) in [5.41, 5.74) is 2.61. The lowest BCUT2D eigenvalue weighted by Gasteiger charge is -2.43. The molecule has 2 aromatic rings. The molecule has 0 bridgehead atoms. The summed E-state index contributed by atoms with van der Waals surface area (Å²) in [7, 11) is 0. The average molecular weight is 336 g/mol. The highest BCUT2D eigenvalue weighted by molar-refractivity contribution is 5.94. The minimum absolute atomic E-state index is 0.0203. The zero-order chi connectivity index (χ0) is 17.7. The molecule has 0 spiro atoms. The molecule has 25 heavy (non-hydrogen) atoms. The van der Waals surface area contributed by atoms with E-state index >= 15 is 0 Å². The van der Waals surface area contributed by atoms with Gasteiger partial charge in [0.2, 0.25) is 5.91 Å². The van der Waals surface area contributed by atoms with Crippen LogP contribution in [0.3, 0.4) is 0 Å². The minimum Gasteiger partial charge on any atom is -0.352 e. The Bertz CT molecular complexity index is 752. The second-order valence-electron chi connectivity index (χ2n) is 6.73. The highest BCUT2D eigenvalue weighted by atomic mass is 16.2. The van der Waals surface area contributed by atoms with Crippen LogP contribution >= 0.6 is 0 Å². The van der Waals surface area contributed by atoms with Gasteiger partial charge in [-0.05, 0) is 43.9 Å². The lowest BCUT2D eigenvalue weighted by molar-refractivity contribution is -0.124. The van der Waals surface area contributed by atoms with Crippen molar-refractivity contribution in [1.82, 2.24) is 10.6 Å². The predicted molar refractivity (Wildman–Crippen MR) is 98.2 cm³/mol. The molecular weight excluding hydrogens is 312 g/mol.